The number of rotatable bonds is 14. The number of carboxylic acid groups (broad SMARTS) is 1. The molecule has 4 aliphatic carbocycles. The number of halogens is 1. The van der Waals surface area contributed by atoms with E-state index in [9.17, 15) is 19.5 Å². The van der Waals surface area contributed by atoms with Crippen molar-refractivity contribution in [2.45, 2.75) is 110 Å². The van der Waals surface area contributed by atoms with Crippen molar-refractivity contribution in [1.82, 2.24) is 28.9 Å². The van der Waals surface area contributed by atoms with Crippen LogP contribution in [0.2, 0.25) is 5.02 Å². The number of methoxy groups -OCH3 is 1. The molecule has 0 radical (unpaired) electrons. The van der Waals surface area contributed by atoms with Gasteiger partial charge in [-0.1, -0.05) is 35.9 Å². The van der Waals surface area contributed by atoms with Gasteiger partial charge in [0.25, 0.3) is 11.8 Å². The summed E-state index contributed by atoms with van der Waals surface area (Å²) in [6, 6.07) is 10.3. The number of amides is 2. The standard InChI is InChI=1S/C50H63ClN8O5/c1-32-33(7-5-9-35(32)54-44(60)42-52-37-27-58(23-11-39(37)56(42)2)25-21-47-13-15-49(29-47,16-14-47)31-64-4)34-8-6-10-36(41(34)51)55-45(61)43-53-38-28-59(24-12-40(38)57(43)3)26-22-48-17-19-50(30-48,20-18-48)46(62)63/h5-10H,11-31H2,1-4H3,(H,54,60)(H,55,61)(H,62,63)/i2D3,3D3,4D3. The van der Waals surface area contributed by atoms with E-state index in [1.54, 1.807) is 43.3 Å². The number of fused-ring (bicyclic) bond motifs is 6. The number of aliphatic carboxylic acids is 1. The fourth-order valence-electron chi connectivity index (χ4n) is 12.7. The van der Waals surface area contributed by atoms with E-state index >= 15 is 0 Å². The van der Waals surface area contributed by atoms with Crippen LogP contribution in [0, 0.1) is 28.6 Å². The summed E-state index contributed by atoms with van der Waals surface area (Å²) in [5.74, 6) is -2.63. The monoisotopic (exact) mass is 900 g/mol. The first-order valence-electron chi connectivity index (χ1n) is 27.4. The predicted molar refractivity (Wildman–Crippen MR) is 247 cm³/mol. The second kappa shape index (κ2) is 16.4. The van der Waals surface area contributed by atoms with Gasteiger partial charge in [0.15, 0.2) is 11.6 Å². The van der Waals surface area contributed by atoms with Crippen LogP contribution in [0.5, 0.6) is 0 Å². The Hall–Kier alpha value is -4.56. The highest BCUT2D eigenvalue weighted by Gasteiger charge is 2.58. The van der Waals surface area contributed by atoms with Crippen LogP contribution >= 0.6 is 11.6 Å². The average Bonchev–Trinajstić information content (AvgIpc) is 4.19. The van der Waals surface area contributed by atoms with Crippen molar-refractivity contribution in [3.05, 3.63) is 81.4 Å². The number of hydrogen-bond donors (Lipinski definition) is 3. The zero-order valence-electron chi connectivity index (χ0n) is 45.5. The Kier molecular flexibility index (Phi) is 8.67. The molecule has 2 aromatic carbocycles. The molecule has 4 aromatic rings. The minimum Gasteiger partial charge on any atom is -0.481 e. The van der Waals surface area contributed by atoms with Crippen LogP contribution in [-0.4, -0.2) is 91.6 Å². The average molecular weight is 901 g/mol. The van der Waals surface area contributed by atoms with Crippen molar-refractivity contribution in [1.29, 1.82) is 0 Å². The molecule has 64 heavy (non-hydrogen) atoms. The van der Waals surface area contributed by atoms with Crippen molar-refractivity contribution >= 4 is 40.8 Å². The summed E-state index contributed by atoms with van der Waals surface area (Å²) in [6.45, 7) is 0.0790. The van der Waals surface area contributed by atoms with E-state index in [1.165, 1.54) is 0 Å². The van der Waals surface area contributed by atoms with Crippen molar-refractivity contribution < 1.29 is 36.6 Å². The molecule has 10 rings (SSSR count). The van der Waals surface area contributed by atoms with E-state index in [-0.39, 0.29) is 45.2 Å². The summed E-state index contributed by atoms with van der Waals surface area (Å²) in [7, 11) is -2.41. The van der Waals surface area contributed by atoms with Gasteiger partial charge in [0.2, 0.25) is 0 Å². The molecular weight excluding hydrogens is 828 g/mol. The zero-order valence-corrected chi connectivity index (χ0v) is 37.2. The number of carbonyl (C=O) groups is 3. The first-order chi connectivity index (χ1) is 34.3. The van der Waals surface area contributed by atoms with Crippen LogP contribution in [0.3, 0.4) is 0 Å². The van der Waals surface area contributed by atoms with E-state index < -0.39 is 44.2 Å². The zero-order chi connectivity index (χ0) is 52.1. The molecule has 0 unspecified atom stereocenters. The number of ether oxygens (including phenoxy) is 1. The predicted octanol–water partition coefficient (Wildman–Crippen LogP) is 8.42. The molecule has 4 bridgehead atoms. The fourth-order valence-corrected chi connectivity index (χ4v) is 13.0. The molecule has 0 saturated heterocycles. The summed E-state index contributed by atoms with van der Waals surface area (Å²) in [4.78, 5) is 54.1. The first-order valence-corrected chi connectivity index (χ1v) is 23.2. The summed E-state index contributed by atoms with van der Waals surface area (Å²) in [5.41, 5.74) is 3.79. The molecular formula is C50H63ClN8O5. The number of hydrogen-bond acceptors (Lipinski definition) is 8. The summed E-state index contributed by atoms with van der Waals surface area (Å²) in [6.07, 6.45) is 11.3. The second-order valence-corrected chi connectivity index (χ2v) is 20.5. The Morgan fingerprint density at radius 1 is 0.750 bits per heavy atom. The Morgan fingerprint density at radius 3 is 1.84 bits per heavy atom. The number of carbonyl (C=O) groups excluding carboxylic acids is 2. The Balaban J connectivity index is 0.816. The Labute approximate surface area is 393 Å². The number of imidazole rings is 2. The molecule has 0 spiro atoms. The van der Waals surface area contributed by atoms with Gasteiger partial charge in [0, 0.05) is 90.9 Å². The minimum atomic E-state index is -2.70. The Morgan fingerprint density at radius 2 is 1.28 bits per heavy atom. The van der Waals surface area contributed by atoms with Gasteiger partial charge in [-0.25, -0.2) is 9.97 Å². The second-order valence-electron chi connectivity index (χ2n) is 20.2. The lowest BCUT2D eigenvalue weighted by atomic mass is 9.80. The van der Waals surface area contributed by atoms with Gasteiger partial charge in [-0.3, -0.25) is 24.2 Å². The third-order valence-corrected chi connectivity index (χ3v) is 17.0. The van der Waals surface area contributed by atoms with Crippen LogP contribution in [0.25, 0.3) is 11.1 Å². The maximum absolute atomic E-state index is 14.2. The first kappa shape index (κ1) is 33.9. The van der Waals surface area contributed by atoms with E-state index in [4.69, 9.17) is 28.7 Å². The van der Waals surface area contributed by atoms with Gasteiger partial charge < -0.3 is 29.6 Å². The lowest BCUT2D eigenvalue weighted by Gasteiger charge is -2.32. The molecule has 340 valence electrons. The van der Waals surface area contributed by atoms with Crippen molar-refractivity contribution in [3.63, 3.8) is 0 Å². The summed E-state index contributed by atoms with van der Waals surface area (Å²) in [5, 5.41) is 15.8. The van der Waals surface area contributed by atoms with Crippen LogP contribution in [0.4, 0.5) is 11.4 Å². The molecule has 4 fully saturated rings. The van der Waals surface area contributed by atoms with Gasteiger partial charge >= 0.3 is 5.97 Å². The van der Waals surface area contributed by atoms with Gasteiger partial charge in [0.05, 0.1) is 38.2 Å². The van der Waals surface area contributed by atoms with Gasteiger partial charge in [-0.05, 0) is 137 Å². The van der Waals surface area contributed by atoms with Crippen LogP contribution in [-0.2, 0) is 49.4 Å². The number of nitrogens with zero attached hydrogens (tertiary/aromatic N) is 6. The van der Waals surface area contributed by atoms with Gasteiger partial charge in [-0.15, -0.1) is 0 Å². The lowest BCUT2D eigenvalue weighted by Crippen LogP contribution is -2.34. The van der Waals surface area contributed by atoms with Crippen LogP contribution in [0.15, 0.2) is 36.4 Å². The number of aromatic nitrogens is 4. The van der Waals surface area contributed by atoms with Crippen LogP contribution in [0.1, 0.15) is 139 Å². The van der Waals surface area contributed by atoms with E-state index in [0.29, 0.717) is 103 Å². The van der Waals surface area contributed by atoms with E-state index in [1.807, 2.05) is 0 Å². The SMILES string of the molecule is [2H]C([2H])([2H])OCC12CCC(CCN3CCc4c(nc(C(=O)Nc5cccc(-c6cccc(NC(=O)c7nc8c(n7C([2H])([2H])[2H])CCN(CCC79CCC(C(=O)O)(CC7)C9)C8)c6Cl)c5C)n4C([2H])([2H])[2H])C3)(CC1)C2. The van der Waals surface area contributed by atoms with E-state index in [2.05, 4.69) is 30.4 Å². The number of nitrogens with one attached hydrogen (secondary N) is 2. The molecule has 4 heterocycles. The quantitative estimate of drug-likeness (QED) is 0.114. The molecule has 0 atom stereocenters. The minimum absolute atomic E-state index is 0.00526. The molecule has 14 heteroatoms. The third-order valence-electron chi connectivity index (χ3n) is 16.6. The highest BCUT2D eigenvalue weighted by Crippen LogP contribution is 2.64. The normalized spacial score (nSPS) is 29.9. The largest absolute Gasteiger partial charge is 0.481 e. The molecule has 2 aromatic heterocycles. The van der Waals surface area contributed by atoms with Gasteiger partial charge in [-0.2, -0.15) is 0 Å². The van der Waals surface area contributed by atoms with Crippen molar-refractivity contribution in [2.24, 2.45) is 35.6 Å². The Bertz CT molecular complexity index is 2840. The lowest BCUT2D eigenvalue weighted by molar-refractivity contribution is -0.148. The maximum Gasteiger partial charge on any atom is 0.309 e. The molecule has 2 amide bonds. The van der Waals surface area contributed by atoms with Crippen molar-refractivity contribution in [3.8, 4) is 11.1 Å². The molecule has 3 N–H and O–H groups in total. The topological polar surface area (TPSA) is 147 Å². The molecule has 4 saturated carbocycles. The number of anilines is 2. The summed E-state index contributed by atoms with van der Waals surface area (Å²) < 4.78 is 80.5. The smallest absolute Gasteiger partial charge is 0.309 e. The molecule has 2 aliphatic heterocycles. The highest BCUT2D eigenvalue weighted by atomic mass is 35.5. The highest BCUT2D eigenvalue weighted by molar-refractivity contribution is 6.36. The summed E-state index contributed by atoms with van der Waals surface area (Å²) >= 11 is 7.06. The van der Waals surface area contributed by atoms with E-state index in [0.717, 1.165) is 80.0 Å². The van der Waals surface area contributed by atoms with Crippen LogP contribution < -0.4 is 10.6 Å². The van der Waals surface area contributed by atoms with Gasteiger partial charge in [0.1, 0.15) is 0 Å². The third kappa shape index (κ3) is 7.57. The fraction of sp³-hybridized carbons (Fsp3) is 0.580. The molecule has 6 aliphatic rings. The number of benzene rings is 2. The molecule has 13 nitrogen and oxygen atoms in total. The van der Waals surface area contributed by atoms with Crippen molar-refractivity contribution in [2.75, 3.05) is 50.5 Å². The maximum atomic E-state index is 14.2. The number of carboxylic acids is 1.